The van der Waals surface area contributed by atoms with Gasteiger partial charge in [-0.2, -0.15) is 0 Å². The van der Waals surface area contributed by atoms with E-state index in [0.717, 1.165) is 23.6 Å². The van der Waals surface area contributed by atoms with Gasteiger partial charge < -0.3 is 4.74 Å². The second-order valence-corrected chi connectivity index (χ2v) is 4.99. The SMILES string of the molecule is Clc1ccc(OC2CC(Br)C2)cc1. The van der Waals surface area contributed by atoms with Gasteiger partial charge in [0.25, 0.3) is 0 Å². The van der Waals surface area contributed by atoms with Gasteiger partial charge in [-0.05, 0) is 37.1 Å². The first-order valence-electron chi connectivity index (χ1n) is 4.30. The summed E-state index contributed by atoms with van der Waals surface area (Å²) in [4.78, 5) is 0.643. The van der Waals surface area contributed by atoms with E-state index in [1.165, 1.54) is 0 Å². The number of halogens is 2. The average Bonchev–Trinajstić information content (AvgIpc) is 2.06. The maximum Gasteiger partial charge on any atom is 0.119 e. The Labute approximate surface area is 91.2 Å². The second kappa shape index (κ2) is 3.89. The number of alkyl halides is 1. The van der Waals surface area contributed by atoms with E-state index in [1.54, 1.807) is 0 Å². The molecule has 0 aliphatic heterocycles. The summed E-state index contributed by atoms with van der Waals surface area (Å²) in [6.07, 6.45) is 2.58. The summed E-state index contributed by atoms with van der Waals surface area (Å²) >= 11 is 9.28. The Morgan fingerprint density at radius 3 is 2.38 bits per heavy atom. The molecule has 1 saturated carbocycles. The minimum absolute atomic E-state index is 0.380. The maximum atomic E-state index is 5.76. The van der Waals surface area contributed by atoms with E-state index in [1.807, 2.05) is 24.3 Å². The first-order valence-corrected chi connectivity index (χ1v) is 5.60. The quantitative estimate of drug-likeness (QED) is 0.739. The third-order valence-corrected chi connectivity index (χ3v) is 3.15. The minimum Gasteiger partial charge on any atom is -0.490 e. The van der Waals surface area contributed by atoms with Crippen LogP contribution in [-0.2, 0) is 0 Å². The molecule has 0 unspecified atom stereocenters. The van der Waals surface area contributed by atoms with Gasteiger partial charge in [0.05, 0.1) is 0 Å². The molecule has 13 heavy (non-hydrogen) atoms. The maximum absolute atomic E-state index is 5.76. The first-order chi connectivity index (χ1) is 6.24. The van der Waals surface area contributed by atoms with Gasteiger partial charge in [-0.3, -0.25) is 0 Å². The Morgan fingerprint density at radius 2 is 1.85 bits per heavy atom. The molecule has 0 saturated heterocycles. The lowest BCUT2D eigenvalue weighted by atomic mass is 9.96. The van der Waals surface area contributed by atoms with Crippen molar-refractivity contribution in [2.45, 2.75) is 23.8 Å². The molecule has 0 amide bonds. The van der Waals surface area contributed by atoms with Gasteiger partial charge in [-0.25, -0.2) is 0 Å². The molecule has 1 aliphatic carbocycles. The van der Waals surface area contributed by atoms with Crippen molar-refractivity contribution in [1.82, 2.24) is 0 Å². The van der Waals surface area contributed by atoms with Crippen molar-refractivity contribution < 1.29 is 4.74 Å². The van der Waals surface area contributed by atoms with Crippen LogP contribution >= 0.6 is 27.5 Å². The molecular formula is C10H10BrClO. The van der Waals surface area contributed by atoms with Crippen molar-refractivity contribution in [2.24, 2.45) is 0 Å². The summed E-state index contributed by atoms with van der Waals surface area (Å²) < 4.78 is 5.69. The van der Waals surface area contributed by atoms with Crippen LogP contribution in [0.5, 0.6) is 5.75 Å². The predicted molar refractivity (Wildman–Crippen MR) is 57.8 cm³/mol. The first kappa shape index (κ1) is 9.35. The van der Waals surface area contributed by atoms with Gasteiger partial charge in [-0.15, -0.1) is 0 Å². The molecule has 2 rings (SSSR count). The van der Waals surface area contributed by atoms with Crippen LogP contribution in [0.3, 0.4) is 0 Å². The van der Waals surface area contributed by atoms with Crippen molar-refractivity contribution in [3.63, 3.8) is 0 Å². The van der Waals surface area contributed by atoms with Crippen LogP contribution in [0.4, 0.5) is 0 Å². The zero-order chi connectivity index (χ0) is 9.26. The van der Waals surface area contributed by atoms with Crippen LogP contribution < -0.4 is 4.74 Å². The van der Waals surface area contributed by atoms with E-state index in [4.69, 9.17) is 16.3 Å². The normalized spacial score (nSPS) is 26.6. The van der Waals surface area contributed by atoms with E-state index in [9.17, 15) is 0 Å². The summed E-state index contributed by atoms with van der Waals surface area (Å²) in [7, 11) is 0. The molecule has 0 aromatic heterocycles. The Kier molecular flexibility index (Phi) is 2.80. The number of benzene rings is 1. The standard InChI is InChI=1S/C10H10BrClO/c11-7-5-10(6-7)13-9-3-1-8(12)2-4-9/h1-4,7,10H,5-6H2. The van der Waals surface area contributed by atoms with E-state index < -0.39 is 0 Å². The van der Waals surface area contributed by atoms with Gasteiger partial charge in [0.2, 0.25) is 0 Å². The summed E-state index contributed by atoms with van der Waals surface area (Å²) in [5.41, 5.74) is 0. The second-order valence-electron chi connectivity index (χ2n) is 3.26. The highest BCUT2D eigenvalue weighted by molar-refractivity contribution is 9.09. The molecule has 1 nitrogen and oxygen atoms in total. The molecule has 1 fully saturated rings. The van der Waals surface area contributed by atoms with Crippen LogP contribution in [0, 0.1) is 0 Å². The zero-order valence-electron chi connectivity index (χ0n) is 7.04. The van der Waals surface area contributed by atoms with Gasteiger partial charge in [0, 0.05) is 9.85 Å². The van der Waals surface area contributed by atoms with Crippen molar-refractivity contribution in [2.75, 3.05) is 0 Å². The van der Waals surface area contributed by atoms with Gasteiger partial charge in [0.1, 0.15) is 11.9 Å². The monoisotopic (exact) mass is 260 g/mol. The van der Waals surface area contributed by atoms with Crippen LogP contribution in [-0.4, -0.2) is 10.9 Å². The molecular weight excluding hydrogens is 251 g/mol. The summed E-state index contributed by atoms with van der Waals surface area (Å²) in [6.45, 7) is 0. The number of ether oxygens (including phenoxy) is 1. The zero-order valence-corrected chi connectivity index (χ0v) is 9.38. The predicted octanol–water partition coefficient (Wildman–Crippen LogP) is 3.64. The molecule has 70 valence electrons. The molecule has 0 N–H and O–H groups in total. The molecule has 0 spiro atoms. The van der Waals surface area contributed by atoms with Crippen LogP contribution in [0.25, 0.3) is 0 Å². The number of rotatable bonds is 2. The fourth-order valence-corrected chi connectivity index (χ4v) is 2.26. The van der Waals surface area contributed by atoms with Crippen molar-refractivity contribution in [3.05, 3.63) is 29.3 Å². The number of hydrogen-bond donors (Lipinski definition) is 0. The summed E-state index contributed by atoms with van der Waals surface area (Å²) in [6, 6.07) is 7.51. The average molecular weight is 262 g/mol. The molecule has 0 radical (unpaired) electrons. The largest absolute Gasteiger partial charge is 0.490 e. The van der Waals surface area contributed by atoms with Gasteiger partial charge in [-0.1, -0.05) is 27.5 Å². The molecule has 1 aliphatic rings. The van der Waals surface area contributed by atoms with Crippen molar-refractivity contribution in [3.8, 4) is 5.75 Å². The van der Waals surface area contributed by atoms with Crippen molar-refractivity contribution in [1.29, 1.82) is 0 Å². The Hall–Kier alpha value is -0.210. The van der Waals surface area contributed by atoms with Gasteiger partial charge >= 0.3 is 0 Å². The highest BCUT2D eigenvalue weighted by Gasteiger charge is 2.28. The topological polar surface area (TPSA) is 9.23 Å². The Bertz CT molecular complexity index is 279. The molecule has 1 aromatic carbocycles. The fourth-order valence-electron chi connectivity index (χ4n) is 1.30. The van der Waals surface area contributed by atoms with Crippen LogP contribution in [0.2, 0.25) is 5.02 Å². The third kappa shape index (κ3) is 2.38. The van der Waals surface area contributed by atoms with E-state index in [2.05, 4.69) is 15.9 Å². The third-order valence-electron chi connectivity index (χ3n) is 2.15. The number of hydrogen-bond acceptors (Lipinski definition) is 1. The van der Waals surface area contributed by atoms with E-state index in [-0.39, 0.29) is 0 Å². The minimum atomic E-state index is 0.380. The Morgan fingerprint density at radius 1 is 1.23 bits per heavy atom. The smallest absolute Gasteiger partial charge is 0.119 e. The van der Waals surface area contributed by atoms with Gasteiger partial charge in [0.15, 0.2) is 0 Å². The van der Waals surface area contributed by atoms with Crippen LogP contribution in [0.1, 0.15) is 12.8 Å². The fraction of sp³-hybridized carbons (Fsp3) is 0.400. The Balaban J connectivity index is 1.91. The lowest BCUT2D eigenvalue weighted by Gasteiger charge is -2.31. The summed E-state index contributed by atoms with van der Waals surface area (Å²) in [5.74, 6) is 0.911. The van der Waals surface area contributed by atoms with Crippen LogP contribution in [0.15, 0.2) is 24.3 Å². The lowest BCUT2D eigenvalue weighted by molar-refractivity contribution is 0.128. The summed E-state index contributed by atoms with van der Waals surface area (Å²) in [5, 5.41) is 0.749. The van der Waals surface area contributed by atoms with E-state index >= 15 is 0 Å². The molecule has 1 aromatic rings. The lowest BCUT2D eigenvalue weighted by Crippen LogP contribution is -2.33. The van der Waals surface area contributed by atoms with E-state index in [0.29, 0.717) is 10.9 Å². The highest BCUT2D eigenvalue weighted by atomic mass is 79.9. The molecule has 0 bridgehead atoms. The molecule has 0 heterocycles. The molecule has 3 heteroatoms. The molecule has 0 atom stereocenters. The highest BCUT2D eigenvalue weighted by Crippen LogP contribution is 2.31. The van der Waals surface area contributed by atoms with Crippen molar-refractivity contribution >= 4 is 27.5 Å².